The molecule has 0 radical (unpaired) electrons. The number of anilines is 1. The van der Waals surface area contributed by atoms with Gasteiger partial charge in [0.2, 0.25) is 5.91 Å². The van der Waals surface area contributed by atoms with Crippen molar-refractivity contribution in [3.8, 4) is 11.5 Å². The Bertz CT molecular complexity index is 934. The minimum atomic E-state index is -0.502. The van der Waals surface area contributed by atoms with Gasteiger partial charge < -0.3 is 19.5 Å². The molecular formula is C22H25FN2O5. The van der Waals surface area contributed by atoms with Crippen LogP contribution in [0, 0.1) is 5.82 Å². The van der Waals surface area contributed by atoms with Crippen molar-refractivity contribution in [3.63, 3.8) is 0 Å². The van der Waals surface area contributed by atoms with Gasteiger partial charge in [0.25, 0.3) is 0 Å². The summed E-state index contributed by atoms with van der Waals surface area (Å²) in [6, 6.07) is 9.34. The average Bonchev–Trinajstić information content (AvgIpc) is 2.75. The van der Waals surface area contributed by atoms with Crippen LogP contribution in [-0.2, 0) is 20.7 Å². The number of amides is 1. The van der Waals surface area contributed by atoms with Gasteiger partial charge in [-0.25, -0.2) is 4.39 Å². The van der Waals surface area contributed by atoms with Crippen molar-refractivity contribution in [2.24, 2.45) is 0 Å². The van der Waals surface area contributed by atoms with E-state index in [0.29, 0.717) is 24.5 Å². The zero-order chi connectivity index (χ0) is 21.7. The summed E-state index contributed by atoms with van der Waals surface area (Å²) in [5.74, 6) is -0.0959. The minimum Gasteiger partial charge on any atom is -0.493 e. The summed E-state index contributed by atoms with van der Waals surface area (Å²) in [5.41, 5.74) is 2.02. The molecule has 2 aromatic carbocycles. The Morgan fingerprint density at radius 3 is 2.50 bits per heavy atom. The van der Waals surface area contributed by atoms with Crippen molar-refractivity contribution in [1.29, 1.82) is 0 Å². The van der Waals surface area contributed by atoms with Gasteiger partial charge in [-0.15, -0.1) is 0 Å². The maximum atomic E-state index is 13.9. The summed E-state index contributed by atoms with van der Waals surface area (Å²) >= 11 is 0. The highest BCUT2D eigenvalue weighted by molar-refractivity contribution is 5.92. The minimum absolute atomic E-state index is 0.00375. The molecule has 0 fully saturated rings. The first-order valence-electron chi connectivity index (χ1n) is 9.56. The molecule has 3 rings (SSSR count). The van der Waals surface area contributed by atoms with E-state index in [1.165, 1.54) is 19.2 Å². The molecule has 1 aliphatic heterocycles. The number of carbonyl (C=O) groups is 2. The summed E-state index contributed by atoms with van der Waals surface area (Å²) < 4.78 is 29.5. The molecule has 0 saturated carbocycles. The van der Waals surface area contributed by atoms with Gasteiger partial charge in [0.1, 0.15) is 5.82 Å². The third kappa shape index (κ3) is 4.71. The van der Waals surface area contributed by atoms with E-state index in [1.54, 1.807) is 26.4 Å². The number of methoxy groups -OCH3 is 3. The molecule has 1 amide bonds. The lowest BCUT2D eigenvalue weighted by atomic mass is 9.90. The Morgan fingerprint density at radius 2 is 1.83 bits per heavy atom. The number of nitrogens with one attached hydrogen (secondary N) is 1. The number of hydrogen-bond donors (Lipinski definition) is 1. The molecule has 7 nitrogen and oxygen atoms in total. The fraction of sp³-hybridized carbons (Fsp3) is 0.364. The molecule has 8 heteroatoms. The topological polar surface area (TPSA) is 77.1 Å². The Labute approximate surface area is 174 Å². The molecule has 30 heavy (non-hydrogen) atoms. The Kier molecular flexibility index (Phi) is 6.89. The van der Waals surface area contributed by atoms with Crippen LogP contribution in [0.25, 0.3) is 0 Å². The molecule has 1 atom stereocenters. The highest BCUT2D eigenvalue weighted by Gasteiger charge is 2.32. The number of hydrogen-bond acceptors (Lipinski definition) is 6. The molecular weight excluding hydrogens is 391 g/mol. The van der Waals surface area contributed by atoms with Crippen LogP contribution in [0.15, 0.2) is 36.4 Å². The van der Waals surface area contributed by atoms with Crippen LogP contribution >= 0.6 is 0 Å². The number of benzene rings is 2. The zero-order valence-corrected chi connectivity index (χ0v) is 17.2. The highest BCUT2D eigenvalue weighted by atomic mass is 19.1. The lowest BCUT2D eigenvalue weighted by Crippen LogP contribution is -2.41. The van der Waals surface area contributed by atoms with E-state index in [-0.39, 0.29) is 36.6 Å². The second-order valence-electron chi connectivity index (χ2n) is 6.95. The SMILES string of the molecule is COC(=O)C[C@H]1c2cc(OC)c(OC)cc2CCN1CC(=O)Nc1ccccc1F. The lowest BCUT2D eigenvalue weighted by molar-refractivity contribution is -0.142. The number of fused-ring (bicyclic) bond motifs is 1. The molecule has 1 N–H and O–H groups in total. The second kappa shape index (κ2) is 9.58. The fourth-order valence-electron chi connectivity index (χ4n) is 3.69. The number of para-hydroxylation sites is 1. The summed E-state index contributed by atoms with van der Waals surface area (Å²) in [6.45, 7) is 0.554. The Balaban J connectivity index is 1.86. The van der Waals surface area contributed by atoms with Crippen LogP contribution in [0.3, 0.4) is 0 Å². The maximum absolute atomic E-state index is 13.9. The summed E-state index contributed by atoms with van der Waals surface area (Å²) in [7, 11) is 4.44. The van der Waals surface area contributed by atoms with Gasteiger partial charge in [0, 0.05) is 12.6 Å². The number of rotatable bonds is 7. The number of nitrogens with zero attached hydrogens (tertiary/aromatic N) is 1. The summed E-state index contributed by atoms with van der Waals surface area (Å²) in [6.07, 6.45) is 0.742. The van der Waals surface area contributed by atoms with Crippen LogP contribution in [0.2, 0.25) is 0 Å². The highest BCUT2D eigenvalue weighted by Crippen LogP contribution is 2.39. The predicted molar refractivity (Wildman–Crippen MR) is 109 cm³/mol. The maximum Gasteiger partial charge on any atom is 0.307 e. The van der Waals surface area contributed by atoms with Gasteiger partial charge in [-0.1, -0.05) is 12.1 Å². The predicted octanol–water partition coefficient (Wildman–Crippen LogP) is 2.94. The standard InChI is InChI=1S/C22H25FN2O5/c1-28-19-10-14-8-9-25(13-21(26)24-17-7-5-4-6-16(17)23)18(12-22(27)30-3)15(14)11-20(19)29-2/h4-7,10-11,18H,8-9,12-13H2,1-3H3,(H,24,26)/t18-/m0/s1. The van der Waals surface area contributed by atoms with Crippen molar-refractivity contribution in [2.45, 2.75) is 18.9 Å². The molecule has 0 saturated heterocycles. The number of halogens is 1. The van der Waals surface area contributed by atoms with Crippen molar-refractivity contribution >= 4 is 17.6 Å². The normalized spacial score (nSPS) is 15.8. The summed E-state index contributed by atoms with van der Waals surface area (Å²) in [5, 5.41) is 2.59. The third-order valence-corrected chi connectivity index (χ3v) is 5.20. The average molecular weight is 416 g/mol. The molecule has 0 bridgehead atoms. The van der Waals surface area contributed by atoms with Gasteiger partial charge in [-0.2, -0.15) is 0 Å². The molecule has 2 aromatic rings. The van der Waals surface area contributed by atoms with Crippen molar-refractivity contribution in [3.05, 3.63) is 53.3 Å². The molecule has 0 unspecified atom stereocenters. The van der Waals surface area contributed by atoms with Gasteiger partial charge >= 0.3 is 5.97 Å². The summed E-state index contributed by atoms with van der Waals surface area (Å²) in [4.78, 5) is 26.6. The van der Waals surface area contributed by atoms with E-state index in [4.69, 9.17) is 14.2 Å². The van der Waals surface area contributed by atoms with E-state index in [2.05, 4.69) is 5.32 Å². The first-order chi connectivity index (χ1) is 14.5. The van der Waals surface area contributed by atoms with Crippen molar-refractivity contribution in [2.75, 3.05) is 39.7 Å². The van der Waals surface area contributed by atoms with E-state index >= 15 is 0 Å². The number of carbonyl (C=O) groups excluding carboxylic acids is 2. The van der Waals surface area contributed by atoms with Gasteiger partial charge in [0.05, 0.1) is 40.0 Å². The van der Waals surface area contributed by atoms with Crippen LogP contribution in [0.5, 0.6) is 11.5 Å². The Hall–Kier alpha value is -3.13. The van der Waals surface area contributed by atoms with Crippen LogP contribution in [0.1, 0.15) is 23.6 Å². The first-order valence-corrected chi connectivity index (χ1v) is 9.56. The van der Waals surface area contributed by atoms with Gasteiger partial charge in [-0.3, -0.25) is 14.5 Å². The fourth-order valence-corrected chi connectivity index (χ4v) is 3.69. The molecule has 1 aliphatic rings. The van der Waals surface area contributed by atoms with Crippen molar-refractivity contribution < 1.29 is 28.2 Å². The van der Waals surface area contributed by atoms with E-state index in [0.717, 1.165) is 11.1 Å². The van der Waals surface area contributed by atoms with E-state index in [1.807, 2.05) is 17.0 Å². The molecule has 0 aromatic heterocycles. The first kappa shape index (κ1) is 21.6. The molecule has 0 aliphatic carbocycles. The smallest absolute Gasteiger partial charge is 0.307 e. The molecule has 1 heterocycles. The van der Waals surface area contributed by atoms with Crippen LogP contribution in [0.4, 0.5) is 10.1 Å². The van der Waals surface area contributed by atoms with Gasteiger partial charge in [-0.05, 0) is 41.8 Å². The quantitative estimate of drug-likeness (QED) is 0.700. The largest absolute Gasteiger partial charge is 0.493 e. The van der Waals surface area contributed by atoms with Crippen molar-refractivity contribution in [1.82, 2.24) is 4.90 Å². The number of ether oxygens (including phenoxy) is 3. The zero-order valence-electron chi connectivity index (χ0n) is 17.2. The Morgan fingerprint density at radius 1 is 1.13 bits per heavy atom. The van der Waals surface area contributed by atoms with E-state index in [9.17, 15) is 14.0 Å². The second-order valence-corrected chi connectivity index (χ2v) is 6.95. The van der Waals surface area contributed by atoms with Gasteiger partial charge in [0.15, 0.2) is 11.5 Å². The monoisotopic (exact) mass is 416 g/mol. The number of esters is 1. The third-order valence-electron chi connectivity index (χ3n) is 5.20. The van der Waals surface area contributed by atoms with Crippen LogP contribution in [-0.4, -0.2) is 51.2 Å². The molecule has 0 spiro atoms. The van der Waals surface area contributed by atoms with E-state index < -0.39 is 5.82 Å². The van der Waals surface area contributed by atoms with Crippen LogP contribution < -0.4 is 14.8 Å². The molecule has 160 valence electrons. The lowest BCUT2D eigenvalue weighted by Gasteiger charge is -2.36.